The molecule has 2 bridgehead atoms. The molecule has 5 rings (SSSR count). The van der Waals surface area contributed by atoms with Crippen LogP contribution in [0.3, 0.4) is 0 Å². The van der Waals surface area contributed by atoms with Crippen LogP contribution in [-0.2, 0) is 15.6 Å². The molecule has 2 aromatic heterocycles. The van der Waals surface area contributed by atoms with Crippen molar-refractivity contribution in [1.82, 2.24) is 15.0 Å². The summed E-state index contributed by atoms with van der Waals surface area (Å²) in [6.07, 6.45) is 2.74. The molecular weight excluding hydrogens is 453 g/mol. The number of amides is 1. The number of nitrogens with zero attached hydrogens (tertiary/aromatic N) is 4. The van der Waals surface area contributed by atoms with Gasteiger partial charge in [0.2, 0.25) is 5.91 Å². The Hall–Kier alpha value is -2.84. The van der Waals surface area contributed by atoms with Gasteiger partial charge in [-0.1, -0.05) is 44.0 Å². The number of anilines is 1. The lowest BCUT2D eigenvalue weighted by Crippen LogP contribution is -2.48. The molecule has 1 N–H and O–H groups in total. The maximum atomic E-state index is 13.8. The minimum absolute atomic E-state index is 0.0731. The highest BCUT2D eigenvalue weighted by atomic mass is 35.5. The van der Waals surface area contributed by atoms with Crippen molar-refractivity contribution in [2.75, 3.05) is 5.32 Å². The predicted molar refractivity (Wildman–Crippen MR) is 121 cm³/mol. The SMILES string of the molecule is CC12CCC(C(=O)Nc3ncc(Cl)cc3Cl)(c3nc4cc([N+](=O)[O-])ccc4nc31)C2(C)C. The number of rotatable bonds is 3. The number of nitro benzene ring substituents is 1. The number of fused-ring (bicyclic) bond motifs is 6. The van der Waals surface area contributed by atoms with Gasteiger partial charge in [0.25, 0.3) is 5.69 Å². The number of hydrogen-bond donors (Lipinski definition) is 1. The van der Waals surface area contributed by atoms with Crippen molar-refractivity contribution in [2.24, 2.45) is 5.41 Å². The molecule has 2 heterocycles. The van der Waals surface area contributed by atoms with Crippen LogP contribution in [0.25, 0.3) is 11.0 Å². The van der Waals surface area contributed by atoms with E-state index in [2.05, 4.69) is 17.2 Å². The summed E-state index contributed by atoms with van der Waals surface area (Å²) in [4.78, 5) is 38.4. The third-order valence-corrected chi connectivity index (χ3v) is 8.15. The molecule has 8 nitrogen and oxygen atoms in total. The van der Waals surface area contributed by atoms with Crippen LogP contribution in [0, 0.1) is 15.5 Å². The summed E-state index contributed by atoms with van der Waals surface area (Å²) in [6.45, 7) is 6.20. The van der Waals surface area contributed by atoms with Crippen LogP contribution in [-0.4, -0.2) is 25.8 Å². The van der Waals surface area contributed by atoms with E-state index in [0.29, 0.717) is 28.2 Å². The highest BCUT2D eigenvalue weighted by molar-refractivity contribution is 6.36. The van der Waals surface area contributed by atoms with Crippen LogP contribution in [0.1, 0.15) is 45.0 Å². The van der Waals surface area contributed by atoms with E-state index in [4.69, 9.17) is 33.2 Å². The fourth-order valence-electron chi connectivity index (χ4n) is 5.43. The molecule has 3 aromatic rings. The van der Waals surface area contributed by atoms with E-state index < -0.39 is 15.8 Å². The zero-order chi connectivity index (χ0) is 23.1. The molecule has 2 aliphatic rings. The molecular formula is C22H19Cl2N5O3. The summed E-state index contributed by atoms with van der Waals surface area (Å²) in [5.41, 5.74) is 0.307. The van der Waals surface area contributed by atoms with Crippen LogP contribution >= 0.6 is 23.2 Å². The van der Waals surface area contributed by atoms with E-state index in [0.717, 1.165) is 12.1 Å². The lowest BCUT2D eigenvalue weighted by molar-refractivity contribution is -0.384. The second kappa shape index (κ2) is 6.59. The summed E-state index contributed by atoms with van der Waals surface area (Å²) >= 11 is 12.2. The molecule has 0 spiro atoms. The first-order chi connectivity index (χ1) is 15.0. The van der Waals surface area contributed by atoms with Gasteiger partial charge in [-0.2, -0.15) is 0 Å². The van der Waals surface area contributed by atoms with Crippen LogP contribution in [0.5, 0.6) is 0 Å². The Morgan fingerprint density at radius 1 is 1.09 bits per heavy atom. The molecule has 0 saturated heterocycles. The summed E-state index contributed by atoms with van der Waals surface area (Å²) in [7, 11) is 0. The summed E-state index contributed by atoms with van der Waals surface area (Å²) in [5.74, 6) is -0.0570. The molecule has 1 saturated carbocycles. The number of halogens is 2. The van der Waals surface area contributed by atoms with Gasteiger partial charge in [-0.25, -0.2) is 15.0 Å². The van der Waals surface area contributed by atoms with Gasteiger partial charge in [-0.3, -0.25) is 14.9 Å². The highest BCUT2D eigenvalue weighted by Gasteiger charge is 2.73. The predicted octanol–water partition coefficient (Wildman–Crippen LogP) is 5.21. The van der Waals surface area contributed by atoms with Gasteiger partial charge in [0.05, 0.1) is 42.8 Å². The van der Waals surface area contributed by atoms with Crippen molar-refractivity contribution in [2.45, 2.75) is 44.4 Å². The second-order valence-electron chi connectivity index (χ2n) is 9.15. The van der Waals surface area contributed by atoms with E-state index in [1.54, 1.807) is 6.07 Å². The molecule has 2 aliphatic carbocycles. The maximum Gasteiger partial charge on any atom is 0.271 e. The number of nitrogens with one attached hydrogen (secondary N) is 1. The molecule has 10 heteroatoms. The quantitative estimate of drug-likeness (QED) is 0.414. The van der Waals surface area contributed by atoms with E-state index in [1.165, 1.54) is 24.4 Å². The number of carbonyl (C=O) groups is 1. The molecule has 2 atom stereocenters. The number of hydrogen-bond acceptors (Lipinski definition) is 6. The van der Waals surface area contributed by atoms with Gasteiger partial charge >= 0.3 is 0 Å². The van der Waals surface area contributed by atoms with Crippen LogP contribution in [0.15, 0.2) is 30.5 Å². The van der Waals surface area contributed by atoms with Gasteiger partial charge in [0.1, 0.15) is 0 Å². The van der Waals surface area contributed by atoms with Crippen molar-refractivity contribution in [3.8, 4) is 0 Å². The Morgan fingerprint density at radius 3 is 2.50 bits per heavy atom. The molecule has 164 valence electrons. The number of carbonyl (C=O) groups excluding carboxylic acids is 1. The fourth-order valence-corrected chi connectivity index (χ4v) is 5.85. The summed E-state index contributed by atoms with van der Waals surface area (Å²) in [5, 5.41) is 14.7. The molecule has 1 fully saturated rings. The molecule has 0 radical (unpaired) electrons. The largest absolute Gasteiger partial charge is 0.309 e. The first-order valence-corrected chi connectivity index (χ1v) is 10.9. The zero-order valence-electron chi connectivity index (χ0n) is 17.6. The lowest BCUT2D eigenvalue weighted by Gasteiger charge is -2.39. The highest BCUT2D eigenvalue weighted by Crippen LogP contribution is 2.70. The van der Waals surface area contributed by atoms with E-state index >= 15 is 0 Å². The number of aromatic nitrogens is 3. The Bertz CT molecular complexity index is 1340. The summed E-state index contributed by atoms with van der Waals surface area (Å²) in [6, 6.07) is 5.93. The number of nitro groups is 1. The fraction of sp³-hybridized carbons (Fsp3) is 0.364. The second-order valence-corrected chi connectivity index (χ2v) is 10.00. The minimum atomic E-state index is -0.993. The monoisotopic (exact) mass is 471 g/mol. The Morgan fingerprint density at radius 2 is 1.81 bits per heavy atom. The topological polar surface area (TPSA) is 111 Å². The molecule has 32 heavy (non-hydrogen) atoms. The van der Waals surface area contributed by atoms with Gasteiger partial charge in [-0.05, 0) is 30.4 Å². The minimum Gasteiger partial charge on any atom is -0.309 e. The van der Waals surface area contributed by atoms with Crippen molar-refractivity contribution in [1.29, 1.82) is 0 Å². The number of non-ortho nitro benzene ring substituents is 1. The van der Waals surface area contributed by atoms with Crippen molar-refractivity contribution in [3.05, 3.63) is 62.0 Å². The Kier molecular flexibility index (Phi) is 4.33. The third-order valence-electron chi connectivity index (χ3n) is 7.66. The van der Waals surface area contributed by atoms with Gasteiger partial charge in [-0.15, -0.1) is 0 Å². The van der Waals surface area contributed by atoms with Crippen LogP contribution in [0.4, 0.5) is 11.5 Å². The van der Waals surface area contributed by atoms with Gasteiger partial charge in [0.15, 0.2) is 5.82 Å². The molecule has 1 amide bonds. The lowest BCUT2D eigenvalue weighted by atomic mass is 9.63. The van der Waals surface area contributed by atoms with Crippen molar-refractivity contribution < 1.29 is 9.72 Å². The van der Waals surface area contributed by atoms with Crippen molar-refractivity contribution >= 4 is 51.6 Å². The van der Waals surface area contributed by atoms with E-state index in [-0.39, 0.29) is 27.9 Å². The summed E-state index contributed by atoms with van der Waals surface area (Å²) < 4.78 is 0. The smallest absolute Gasteiger partial charge is 0.271 e. The molecule has 0 aliphatic heterocycles. The Labute approximate surface area is 193 Å². The van der Waals surface area contributed by atoms with Crippen LogP contribution < -0.4 is 5.32 Å². The van der Waals surface area contributed by atoms with Crippen molar-refractivity contribution in [3.63, 3.8) is 0 Å². The number of benzene rings is 1. The molecule has 1 aromatic carbocycles. The normalized spacial score (nSPS) is 25.0. The standard InChI is InChI=1S/C22H19Cl2N5O3/c1-20(2)21(3)6-7-22(20,19(30)28-18-13(24)8-11(23)10-25-18)17-16(21)26-14-5-4-12(29(31)32)9-15(14)27-17/h4-5,8-10H,6-7H2,1-3H3,(H,25,28,30). The third kappa shape index (κ3) is 2.50. The maximum absolute atomic E-state index is 13.8. The Balaban J connectivity index is 1.70. The average molecular weight is 472 g/mol. The van der Waals surface area contributed by atoms with Gasteiger partial charge in [0, 0.05) is 23.7 Å². The zero-order valence-corrected chi connectivity index (χ0v) is 19.1. The van der Waals surface area contributed by atoms with E-state index in [9.17, 15) is 14.9 Å². The number of pyridine rings is 1. The average Bonchev–Trinajstić information content (AvgIpc) is 3.03. The van der Waals surface area contributed by atoms with Crippen LogP contribution in [0.2, 0.25) is 10.0 Å². The first kappa shape index (κ1) is 21.0. The van der Waals surface area contributed by atoms with E-state index in [1.807, 2.05) is 13.8 Å². The first-order valence-electron chi connectivity index (χ1n) is 10.1. The van der Waals surface area contributed by atoms with Gasteiger partial charge < -0.3 is 5.32 Å². The molecule has 2 unspecified atom stereocenters.